The molecule has 1 aliphatic heterocycles. The molecule has 0 radical (unpaired) electrons. The zero-order valence-corrected chi connectivity index (χ0v) is 11.7. The predicted octanol–water partition coefficient (Wildman–Crippen LogP) is 3.69. The standard InChI is InChI=1S/C15H17ClN2O/c1-18-8-4-7-14(18)15-17-10-12(19-15)9-11-5-2-3-6-13(11)16/h2-3,5-6,10,14H,4,7-9H2,1H3. The summed E-state index contributed by atoms with van der Waals surface area (Å²) < 4.78 is 5.89. The molecule has 100 valence electrons. The number of likely N-dealkylation sites (tertiary alicyclic amines) is 1. The Morgan fingerprint density at radius 2 is 2.26 bits per heavy atom. The van der Waals surface area contributed by atoms with Crippen LogP contribution in [0.25, 0.3) is 0 Å². The van der Waals surface area contributed by atoms with E-state index in [0.29, 0.717) is 12.5 Å². The molecular weight excluding hydrogens is 260 g/mol. The van der Waals surface area contributed by atoms with Gasteiger partial charge in [-0.3, -0.25) is 4.90 Å². The minimum Gasteiger partial charge on any atom is -0.444 e. The van der Waals surface area contributed by atoms with Crippen molar-refractivity contribution in [2.24, 2.45) is 0 Å². The molecule has 4 heteroatoms. The molecule has 3 rings (SSSR count). The first-order valence-corrected chi connectivity index (χ1v) is 7.00. The molecule has 0 spiro atoms. The second-order valence-corrected chi connectivity index (χ2v) is 5.48. The molecule has 0 bridgehead atoms. The highest BCUT2D eigenvalue weighted by Crippen LogP contribution is 2.30. The third kappa shape index (κ3) is 2.67. The molecule has 1 aromatic heterocycles. The highest BCUT2D eigenvalue weighted by molar-refractivity contribution is 6.31. The Morgan fingerprint density at radius 3 is 3.00 bits per heavy atom. The van der Waals surface area contributed by atoms with Gasteiger partial charge in [0.25, 0.3) is 0 Å². The lowest BCUT2D eigenvalue weighted by molar-refractivity contribution is 0.264. The van der Waals surface area contributed by atoms with Crippen molar-refractivity contribution >= 4 is 11.6 Å². The summed E-state index contributed by atoms with van der Waals surface area (Å²) in [6, 6.07) is 8.18. The third-order valence-electron chi connectivity index (χ3n) is 3.70. The monoisotopic (exact) mass is 276 g/mol. The van der Waals surface area contributed by atoms with E-state index in [9.17, 15) is 0 Å². The fraction of sp³-hybridized carbons (Fsp3) is 0.400. The van der Waals surface area contributed by atoms with Crippen LogP contribution in [0.5, 0.6) is 0 Å². The largest absolute Gasteiger partial charge is 0.444 e. The third-order valence-corrected chi connectivity index (χ3v) is 4.07. The Balaban J connectivity index is 1.77. The first-order valence-electron chi connectivity index (χ1n) is 6.62. The van der Waals surface area contributed by atoms with E-state index < -0.39 is 0 Å². The maximum Gasteiger partial charge on any atom is 0.211 e. The van der Waals surface area contributed by atoms with Gasteiger partial charge >= 0.3 is 0 Å². The molecule has 19 heavy (non-hydrogen) atoms. The van der Waals surface area contributed by atoms with Crippen LogP contribution < -0.4 is 0 Å². The van der Waals surface area contributed by atoms with Crippen molar-refractivity contribution in [3.05, 3.63) is 52.7 Å². The Kier molecular flexibility index (Phi) is 3.58. The normalized spacial score (nSPS) is 20.0. The average Bonchev–Trinajstić information content (AvgIpc) is 3.01. The number of halogens is 1. The van der Waals surface area contributed by atoms with Gasteiger partial charge in [0.15, 0.2) is 0 Å². The van der Waals surface area contributed by atoms with Crippen LogP contribution in [0.15, 0.2) is 34.9 Å². The van der Waals surface area contributed by atoms with Crippen molar-refractivity contribution in [3.8, 4) is 0 Å². The molecule has 1 saturated heterocycles. The lowest BCUT2D eigenvalue weighted by Gasteiger charge is -2.15. The van der Waals surface area contributed by atoms with Gasteiger partial charge in [-0.15, -0.1) is 0 Å². The van der Waals surface area contributed by atoms with E-state index in [1.165, 1.54) is 6.42 Å². The van der Waals surface area contributed by atoms with Gasteiger partial charge in [0.05, 0.1) is 12.2 Å². The van der Waals surface area contributed by atoms with Crippen molar-refractivity contribution < 1.29 is 4.42 Å². The maximum atomic E-state index is 6.16. The highest BCUT2D eigenvalue weighted by Gasteiger charge is 2.26. The van der Waals surface area contributed by atoms with Crippen molar-refractivity contribution in [3.63, 3.8) is 0 Å². The number of benzene rings is 1. The molecular formula is C15H17ClN2O. The molecule has 1 fully saturated rings. The summed E-state index contributed by atoms with van der Waals surface area (Å²) >= 11 is 6.16. The molecule has 1 unspecified atom stereocenters. The van der Waals surface area contributed by atoms with E-state index in [0.717, 1.165) is 35.2 Å². The van der Waals surface area contributed by atoms with Crippen LogP contribution in [0.1, 0.15) is 36.1 Å². The topological polar surface area (TPSA) is 29.3 Å². The number of nitrogens with zero attached hydrogens (tertiary/aromatic N) is 2. The lowest BCUT2D eigenvalue weighted by atomic mass is 10.1. The number of aromatic nitrogens is 1. The summed E-state index contributed by atoms with van der Waals surface area (Å²) in [7, 11) is 2.12. The van der Waals surface area contributed by atoms with Gasteiger partial charge in [0.1, 0.15) is 5.76 Å². The quantitative estimate of drug-likeness (QED) is 0.856. The SMILES string of the molecule is CN1CCCC1c1ncc(Cc2ccccc2Cl)o1. The zero-order chi connectivity index (χ0) is 13.2. The van der Waals surface area contributed by atoms with Gasteiger partial charge < -0.3 is 4.42 Å². The first-order chi connectivity index (χ1) is 9.24. The first kappa shape index (κ1) is 12.7. The fourth-order valence-electron chi connectivity index (χ4n) is 2.61. The van der Waals surface area contributed by atoms with Crippen LogP contribution in [0.2, 0.25) is 5.02 Å². The van der Waals surface area contributed by atoms with Crippen molar-refractivity contribution in [1.82, 2.24) is 9.88 Å². The van der Waals surface area contributed by atoms with Crippen LogP contribution in [0.4, 0.5) is 0 Å². The second kappa shape index (κ2) is 5.35. The van der Waals surface area contributed by atoms with E-state index in [1.807, 2.05) is 30.5 Å². The van der Waals surface area contributed by atoms with E-state index in [-0.39, 0.29) is 0 Å². The van der Waals surface area contributed by atoms with Gasteiger partial charge in [-0.1, -0.05) is 29.8 Å². The molecule has 2 aromatic rings. The molecule has 3 nitrogen and oxygen atoms in total. The zero-order valence-electron chi connectivity index (χ0n) is 11.0. The Labute approximate surface area is 118 Å². The van der Waals surface area contributed by atoms with Gasteiger partial charge in [-0.2, -0.15) is 0 Å². The second-order valence-electron chi connectivity index (χ2n) is 5.07. The van der Waals surface area contributed by atoms with Gasteiger partial charge in [0.2, 0.25) is 5.89 Å². The Hall–Kier alpha value is -1.32. The van der Waals surface area contributed by atoms with Crippen molar-refractivity contribution in [2.75, 3.05) is 13.6 Å². The summed E-state index contributed by atoms with van der Waals surface area (Å²) in [6.07, 6.45) is 4.86. The minimum atomic E-state index is 0.333. The summed E-state index contributed by atoms with van der Waals surface area (Å²) in [6.45, 7) is 1.12. The van der Waals surface area contributed by atoms with E-state index >= 15 is 0 Å². The van der Waals surface area contributed by atoms with Gasteiger partial charge in [-0.25, -0.2) is 4.98 Å². The molecule has 1 aliphatic rings. The molecule has 2 heterocycles. The van der Waals surface area contributed by atoms with Gasteiger partial charge in [0, 0.05) is 11.4 Å². The Bertz CT molecular complexity index is 567. The molecule has 1 atom stereocenters. The highest BCUT2D eigenvalue weighted by atomic mass is 35.5. The molecule has 0 saturated carbocycles. The Morgan fingerprint density at radius 1 is 1.42 bits per heavy atom. The van der Waals surface area contributed by atoms with E-state index in [2.05, 4.69) is 16.9 Å². The van der Waals surface area contributed by atoms with Crippen LogP contribution in [-0.4, -0.2) is 23.5 Å². The smallest absolute Gasteiger partial charge is 0.211 e. The number of rotatable bonds is 3. The van der Waals surface area contributed by atoms with Gasteiger partial charge in [-0.05, 0) is 38.1 Å². The lowest BCUT2D eigenvalue weighted by Crippen LogP contribution is -2.17. The van der Waals surface area contributed by atoms with E-state index in [1.54, 1.807) is 0 Å². The van der Waals surface area contributed by atoms with Crippen molar-refractivity contribution in [2.45, 2.75) is 25.3 Å². The summed E-state index contributed by atoms with van der Waals surface area (Å²) in [4.78, 5) is 6.72. The van der Waals surface area contributed by atoms with Crippen LogP contribution in [-0.2, 0) is 6.42 Å². The maximum absolute atomic E-state index is 6.16. The summed E-state index contributed by atoms with van der Waals surface area (Å²) in [5.74, 6) is 1.71. The van der Waals surface area contributed by atoms with Crippen molar-refractivity contribution in [1.29, 1.82) is 0 Å². The molecule has 0 N–H and O–H groups in total. The number of hydrogen-bond acceptors (Lipinski definition) is 3. The minimum absolute atomic E-state index is 0.333. The molecule has 0 aliphatic carbocycles. The molecule has 1 aromatic carbocycles. The number of hydrogen-bond donors (Lipinski definition) is 0. The van der Waals surface area contributed by atoms with E-state index in [4.69, 9.17) is 16.0 Å². The van der Waals surface area contributed by atoms with Crippen LogP contribution in [0, 0.1) is 0 Å². The average molecular weight is 277 g/mol. The van der Waals surface area contributed by atoms with Crippen LogP contribution >= 0.6 is 11.6 Å². The number of oxazole rings is 1. The summed E-state index contributed by atoms with van der Waals surface area (Å²) in [5.41, 5.74) is 1.08. The predicted molar refractivity (Wildman–Crippen MR) is 75.4 cm³/mol. The molecule has 0 amide bonds. The fourth-order valence-corrected chi connectivity index (χ4v) is 2.81. The van der Waals surface area contributed by atoms with Crippen LogP contribution in [0.3, 0.4) is 0 Å². The summed E-state index contributed by atoms with van der Waals surface area (Å²) in [5, 5.41) is 0.776.